The first-order chi connectivity index (χ1) is 26.0. The van der Waals surface area contributed by atoms with Crippen molar-refractivity contribution < 1.29 is 4.42 Å². The number of nitrogens with zero attached hydrogens (tertiary/aromatic N) is 4. The quantitative estimate of drug-likeness (QED) is 0.175. The van der Waals surface area contributed by atoms with Gasteiger partial charge in [-0.2, -0.15) is 0 Å². The third kappa shape index (κ3) is 5.04. The summed E-state index contributed by atoms with van der Waals surface area (Å²) in [5.74, 6) is 1.85. The molecule has 0 N–H and O–H groups in total. The molecule has 7 aromatic carbocycles. The van der Waals surface area contributed by atoms with E-state index < -0.39 is 0 Å². The molecular weight excluding hydrogens is 649 g/mol. The SMILES string of the molecule is CC1(C)c2ccccc2-c2cccc(N(c3ccccc3)c3ccc4c(c3)oc3cccc(-c5nc(-c6ccccc6)nc(-c6ccccc6)n5)c34)c21. The van der Waals surface area contributed by atoms with Gasteiger partial charge in [-0.1, -0.05) is 141 Å². The maximum absolute atomic E-state index is 6.69. The van der Waals surface area contributed by atoms with Crippen LogP contribution in [0.1, 0.15) is 25.0 Å². The maximum Gasteiger partial charge on any atom is 0.164 e. The van der Waals surface area contributed by atoms with Crippen molar-refractivity contribution >= 4 is 39.0 Å². The first-order valence-electron chi connectivity index (χ1n) is 18.0. The van der Waals surface area contributed by atoms with E-state index in [9.17, 15) is 0 Å². The first-order valence-corrected chi connectivity index (χ1v) is 18.0. The molecule has 53 heavy (non-hydrogen) atoms. The second-order valence-electron chi connectivity index (χ2n) is 14.0. The van der Waals surface area contributed by atoms with Gasteiger partial charge in [-0.25, -0.2) is 15.0 Å². The molecular formula is C48H34N4O. The molecule has 9 aromatic rings. The molecule has 0 unspecified atom stereocenters. The molecule has 0 bridgehead atoms. The van der Waals surface area contributed by atoms with Crippen LogP contribution in [0.15, 0.2) is 174 Å². The summed E-state index contributed by atoms with van der Waals surface area (Å²) in [6, 6.07) is 58.9. The van der Waals surface area contributed by atoms with Crippen LogP contribution in [0.5, 0.6) is 0 Å². The van der Waals surface area contributed by atoms with Crippen LogP contribution in [-0.2, 0) is 5.41 Å². The average Bonchev–Trinajstić information content (AvgIpc) is 3.71. The van der Waals surface area contributed by atoms with Crippen LogP contribution in [0.4, 0.5) is 17.1 Å². The van der Waals surface area contributed by atoms with Gasteiger partial charge in [-0.3, -0.25) is 0 Å². The van der Waals surface area contributed by atoms with Crippen LogP contribution in [0.25, 0.3) is 67.2 Å². The minimum Gasteiger partial charge on any atom is -0.456 e. The molecule has 0 spiro atoms. The highest BCUT2D eigenvalue weighted by Gasteiger charge is 2.38. The summed E-state index contributed by atoms with van der Waals surface area (Å²) in [5, 5.41) is 1.98. The van der Waals surface area contributed by atoms with Crippen LogP contribution in [-0.4, -0.2) is 15.0 Å². The molecule has 5 nitrogen and oxygen atoms in total. The lowest BCUT2D eigenvalue weighted by Crippen LogP contribution is -2.20. The molecule has 0 atom stereocenters. The lowest BCUT2D eigenvalue weighted by Gasteiger charge is -2.32. The van der Waals surface area contributed by atoms with Gasteiger partial charge in [0.25, 0.3) is 0 Å². The number of hydrogen-bond acceptors (Lipinski definition) is 5. The Labute approximate surface area is 307 Å². The normalized spacial score (nSPS) is 12.9. The van der Waals surface area contributed by atoms with Gasteiger partial charge in [0.15, 0.2) is 17.5 Å². The van der Waals surface area contributed by atoms with Crippen LogP contribution >= 0.6 is 0 Å². The molecule has 2 heterocycles. The number of furan rings is 1. The minimum absolute atomic E-state index is 0.185. The Kier molecular flexibility index (Phi) is 7.08. The predicted molar refractivity (Wildman–Crippen MR) is 216 cm³/mol. The largest absolute Gasteiger partial charge is 0.456 e. The zero-order chi connectivity index (χ0) is 35.5. The summed E-state index contributed by atoms with van der Waals surface area (Å²) in [6.07, 6.45) is 0. The molecule has 0 saturated carbocycles. The van der Waals surface area contributed by atoms with E-state index in [2.05, 4.69) is 116 Å². The third-order valence-electron chi connectivity index (χ3n) is 10.5. The highest BCUT2D eigenvalue weighted by Crippen LogP contribution is 2.54. The lowest BCUT2D eigenvalue weighted by molar-refractivity contribution is 0.660. The third-order valence-corrected chi connectivity index (χ3v) is 10.5. The van der Waals surface area contributed by atoms with Gasteiger partial charge in [0.05, 0.1) is 5.69 Å². The van der Waals surface area contributed by atoms with Crippen molar-refractivity contribution in [1.29, 1.82) is 0 Å². The molecule has 0 fully saturated rings. The Morgan fingerprint density at radius 3 is 1.77 bits per heavy atom. The van der Waals surface area contributed by atoms with Crippen molar-refractivity contribution in [3.8, 4) is 45.3 Å². The molecule has 252 valence electrons. The highest BCUT2D eigenvalue weighted by atomic mass is 16.3. The molecule has 5 heteroatoms. The molecule has 0 aliphatic heterocycles. The van der Waals surface area contributed by atoms with Crippen molar-refractivity contribution in [2.24, 2.45) is 0 Å². The molecule has 0 saturated heterocycles. The van der Waals surface area contributed by atoms with Gasteiger partial charge in [0.2, 0.25) is 0 Å². The standard InChI is InChI=1S/C48H34N4O/c1-48(2)39-25-13-12-22-35(39)36-23-14-26-40(44(36)48)52(33-20-10-5-11-21-33)34-28-29-37-42(30-34)53-41-27-15-24-38(43(37)41)47-50-45(31-16-6-3-7-17-31)49-46(51-47)32-18-8-4-9-19-32/h3-30H,1-2H3. The molecule has 1 aliphatic carbocycles. The van der Waals surface area contributed by atoms with Crippen molar-refractivity contribution in [3.05, 3.63) is 181 Å². The Morgan fingerprint density at radius 1 is 0.472 bits per heavy atom. The summed E-state index contributed by atoms with van der Waals surface area (Å²) < 4.78 is 6.69. The minimum atomic E-state index is -0.185. The van der Waals surface area contributed by atoms with Crippen molar-refractivity contribution in [2.75, 3.05) is 4.90 Å². The first kappa shape index (κ1) is 30.9. The summed E-state index contributed by atoms with van der Waals surface area (Å²) in [4.78, 5) is 17.4. The predicted octanol–water partition coefficient (Wildman–Crippen LogP) is 12.5. The second-order valence-corrected chi connectivity index (χ2v) is 14.0. The van der Waals surface area contributed by atoms with E-state index in [0.29, 0.717) is 17.5 Å². The zero-order valence-electron chi connectivity index (χ0n) is 29.4. The highest BCUT2D eigenvalue weighted by molar-refractivity contribution is 6.12. The summed E-state index contributed by atoms with van der Waals surface area (Å²) in [5.41, 5.74) is 12.6. The molecule has 0 amide bonds. The fraction of sp³-hybridized carbons (Fsp3) is 0.0625. The maximum atomic E-state index is 6.69. The van der Waals surface area contributed by atoms with Crippen LogP contribution < -0.4 is 4.90 Å². The second kappa shape index (κ2) is 12.1. The van der Waals surface area contributed by atoms with E-state index in [1.54, 1.807) is 0 Å². The molecule has 10 rings (SSSR count). The number of fused-ring (bicyclic) bond motifs is 6. The number of hydrogen-bond donors (Lipinski definition) is 0. The number of anilines is 3. The smallest absolute Gasteiger partial charge is 0.164 e. The zero-order valence-corrected chi connectivity index (χ0v) is 29.4. The van der Waals surface area contributed by atoms with Gasteiger partial charge in [-0.05, 0) is 58.7 Å². The monoisotopic (exact) mass is 682 g/mol. The van der Waals surface area contributed by atoms with Crippen LogP contribution in [0, 0.1) is 0 Å². The number of rotatable bonds is 6. The summed E-state index contributed by atoms with van der Waals surface area (Å²) in [6.45, 7) is 4.67. The van der Waals surface area contributed by atoms with Gasteiger partial charge in [0, 0.05) is 50.3 Å². The summed E-state index contributed by atoms with van der Waals surface area (Å²) >= 11 is 0. The Morgan fingerprint density at radius 2 is 1.06 bits per heavy atom. The number of para-hydroxylation sites is 1. The van der Waals surface area contributed by atoms with E-state index >= 15 is 0 Å². The van der Waals surface area contributed by atoms with E-state index in [0.717, 1.165) is 55.7 Å². The van der Waals surface area contributed by atoms with Crippen molar-refractivity contribution in [3.63, 3.8) is 0 Å². The van der Waals surface area contributed by atoms with E-state index in [1.807, 2.05) is 72.8 Å². The fourth-order valence-electron chi connectivity index (χ4n) is 8.08. The van der Waals surface area contributed by atoms with Gasteiger partial charge >= 0.3 is 0 Å². The molecule has 1 aliphatic rings. The average molecular weight is 683 g/mol. The summed E-state index contributed by atoms with van der Waals surface area (Å²) in [7, 11) is 0. The Bertz CT molecular complexity index is 2750. The number of aromatic nitrogens is 3. The number of benzene rings is 7. The fourth-order valence-corrected chi connectivity index (χ4v) is 8.08. The lowest BCUT2D eigenvalue weighted by atomic mass is 9.81. The van der Waals surface area contributed by atoms with E-state index in [1.165, 1.54) is 22.3 Å². The van der Waals surface area contributed by atoms with Gasteiger partial charge in [-0.15, -0.1) is 0 Å². The van der Waals surface area contributed by atoms with E-state index in [-0.39, 0.29) is 5.41 Å². The molecule has 0 radical (unpaired) electrons. The van der Waals surface area contributed by atoms with Gasteiger partial charge < -0.3 is 9.32 Å². The van der Waals surface area contributed by atoms with Crippen LogP contribution in [0.2, 0.25) is 0 Å². The van der Waals surface area contributed by atoms with Crippen LogP contribution in [0.3, 0.4) is 0 Å². The Balaban J connectivity index is 1.16. The Hall–Kier alpha value is -6.85. The molecule has 2 aromatic heterocycles. The van der Waals surface area contributed by atoms with Crippen molar-refractivity contribution in [1.82, 2.24) is 15.0 Å². The topological polar surface area (TPSA) is 55.1 Å². The van der Waals surface area contributed by atoms with Gasteiger partial charge in [0.1, 0.15) is 11.2 Å². The van der Waals surface area contributed by atoms with E-state index in [4.69, 9.17) is 19.4 Å². The van der Waals surface area contributed by atoms with Crippen molar-refractivity contribution in [2.45, 2.75) is 19.3 Å².